The van der Waals surface area contributed by atoms with E-state index in [1.807, 2.05) is 6.07 Å². The minimum Gasteiger partial charge on any atom is -0.366 e. The van der Waals surface area contributed by atoms with Gasteiger partial charge in [0.15, 0.2) is 0 Å². The van der Waals surface area contributed by atoms with Crippen molar-refractivity contribution in [2.45, 2.75) is 0 Å². The Kier molecular flexibility index (Phi) is 2.65. The van der Waals surface area contributed by atoms with Crippen LogP contribution in [0.4, 0.5) is 0 Å². The van der Waals surface area contributed by atoms with Gasteiger partial charge >= 0.3 is 0 Å². The van der Waals surface area contributed by atoms with Gasteiger partial charge in [0, 0.05) is 3.57 Å². The normalized spacial score (nSPS) is 9.00. The first-order valence-electron chi connectivity index (χ1n) is 3.14. The van der Waals surface area contributed by atoms with Crippen LogP contribution in [0.3, 0.4) is 0 Å². The zero-order valence-corrected chi connectivity index (χ0v) is 8.20. The van der Waals surface area contributed by atoms with Gasteiger partial charge in [0.1, 0.15) is 0 Å². The smallest absolute Gasteiger partial charge is 0.250 e. The van der Waals surface area contributed by atoms with Gasteiger partial charge in [0.05, 0.1) is 17.2 Å². The first kappa shape index (κ1) is 9.00. The molecule has 0 aliphatic carbocycles. The molecule has 1 rings (SSSR count). The number of halogens is 1. The average Bonchev–Trinajstić information content (AvgIpc) is 2.04. The van der Waals surface area contributed by atoms with Crippen molar-refractivity contribution < 1.29 is 4.79 Å². The van der Waals surface area contributed by atoms with Gasteiger partial charge in [-0.3, -0.25) is 4.79 Å². The van der Waals surface area contributed by atoms with E-state index in [9.17, 15) is 4.79 Å². The number of carbonyl (C=O) groups is 1. The van der Waals surface area contributed by atoms with E-state index in [1.165, 1.54) is 0 Å². The molecule has 0 heterocycles. The molecule has 3 nitrogen and oxygen atoms in total. The molecular weight excluding hydrogens is 267 g/mol. The van der Waals surface area contributed by atoms with Crippen LogP contribution in [0.15, 0.2) is 18.2 Å². The van der Waals surface area contributed by atoms with Crippen LogP contribution in [0.25, 0.3) is 0 Å². The third-order valence-electron chi connectivity index (χ3n) is 1.37. The summed E-state index contributed by atoms with van der Waals surface area (Å²) in [5.74, 6) is -0.565. The van der Waals surface area contributed by atoms with Gasteiger partial charge in [0.2, 0.25) is 5.91 Å². The van der Waals surface area contributed by atoms with E-state index in [0.29, 0.717) is 5.56 Å². The summed E-state index contributed by atoms with van der Waals surface area (Å²) in [7, 11) is 0. The van der Waals surface area contributed by atoms with Crippen molar-refractivity contribution in [3.8, 4) is 6.07 Å². The first-order chi connectivity index (χ1) is 5.65. The van der Waals surface area contributed by atoms with Crippen LogP contribution in [0.1, 0.15) is 15.9 Å². The Morgan fingerprint density at radius 2 is 2.25 bits per heavy atom. The van der Waals surface area contributed by atoms with E-state index >= 15 is 0 Å². The molecule has 2 N–H and O–H groups in total. The molecule has 0 aliphatic rings. The lowest BCUT2D eigenvalue weighted by Crippen LogP contribution is -2.12. The van der Waals surface area contributed by atoms with E-state index in [-0.39, 0.29) is 5.56 Å². The molecule has 0 aromatic heterocycles. The molecule has 1 amide bonds. The number of carbonyl (C=O) groups excluding carboxylic acids is 1. The lowest BCUT2D eigenvalue weighted by Gasteiger charge is -1.98. The number of nitrogens with two attached hydrogens (primary N) is 1. The lowest BCUT2D eigenvalue weighted by molar-refractivity contribution is 0.1000. The van der Waals surface area contributed by atoms with Crippen molar-refractivity contribution in [3.05, 3.63) is 32.9 Å². The van der Waals surface area contributed by atoms with Crippen molar-refractivity contribution in [1.29, 1.82) is 5.26 Å². The Bertz CT molecular complexity index is 368. The molecule has 0 fully saturated rings. The highest BCUT2D eigenvalue weighted by molar-refractivity contribution is 14.1. The minimum absolute atomic E-state index is 0.282. The van der Waals surface area contributed by atoms with E-state index in [1.54, 1.807) is 18.2 Å². The second-order valence-corrected chi connectivity index (χ2v) is 3.41. The third kappa shape index (κ3) is 1.74. The Balaban J connectivity index is 3.34. The van der Waals surface area contributed by atoms with Crippen LogP contribution in [-0.2, 0) is 0 Å². The summed E-state index contributed by atoms with van der Waals surface area (Å²) in [6, 6.07) is 6.84. The Morgan fingerprint density at radius 1 is 1.58 bits per heavy atom. The van der Waals surface area contributed by atoms with Crippen molar-refractivity contribution in [2.24, 2.45) is 5.73 Å². The topological polar surface area (TPSA) is 66.9 Å². The summed E-state index contributed by atoms with van der Waals surface area (Å²) < 4.78 is 0.889. The van der Waals surface area contributed by atoms with Gasteiger partial charge in [-0.2, -0.15) is 5.26 Å². The molecule has 0 radical (unpaired) electrons. The van der Waals surface area contributed by atoms with Gasteiger partial charge in [-0.1, -0.05) is 0 Å². The van der Waals surface area contributed by atoms with Crippen LogP contribution in [0, 0.1) is 14.9 Å². The van der Waals surface area contributed by atoms with Crippen molar-refractivity contribution >= 4 is 28.5 Å². The number of amides is 1. The lowest BCUT2D eigenvalue weighted by atomic mass is 10.1. The van der Waals surface area contributed by atoms with Crippen molar-refractivity contribution in [1.82, 2.24) is 0 Å². The first-order valence-corrected chi connectivity index (χ1v) is 4.22. The summed E-state index contributed by atoms with van der Waals surface area (Å²) >= 11 is 2.05. The van der Waals surface area contributed by atoms with Crippen LogP contribution in [-0.4, -0.2) is 5.91 Å². The molecule has 0 unspecified atom stereocenters. The van der Waals surface area contributed by atoms with E-state index < -0.39 is 5.91 Å². The van der Waals surface area contributed by atoms with Crippen molar-refractivity contribution in [3.63, 3.8) is 0 Å². The number of nitrogens with zero attached hydrogens (tertiary/aromatic N) is 1. The molecule has 0 saturated heterocycles. The zero-order chi connectivity index (χ0) is 9.14. The summed E-state index contributed by atoms with van der Waals surface area (Å²) in [4.78, 5) is 10.8. The molecule has 0 atom stereocenters. The summed E-state index contributed by atoms with van der Waals surface area (Å²) in [5, 5.41) is 8.60. The molecule has 0 saturated carbocycles. The summed E-state index contributed by atoms with van der Waals surface area (Å²) in [6.45, 7) is 0. The van der Waals surface area contributed by atoms with Crippen LogP contribution in [0.2, 0.25) is 0 Å². The van der Waals surface area contributed by atoms with E-state index in [0.717, 1.165) is 3.57 Å². The maximum Gasteiger partial charge on any atom is 0.250 e. The molecule has 0 spiro atoms. The van der Waals surface area contributed by atoms with Crippen LogP contribution in [0.5, 0.6) is 0 Å². The predicted octanol–water partition coefficient (Wildman–Crippen LogP) is 1.26. The highest BCUT2D eigenvalue weighted by Gasteiger charge is 2.07. The standard InChI is InChI=1S/C8H5IN2O/c9-6-2-1-5(4-10)7(3-6)8(11)12/h1-3H,(H2,11,12). The molecule has 1 aromatic rings. The Labute approximate surface area is 83.3 Å². The number of nitriles is 1. The predicted molar refractivity (Wildman–Crippen MR) is 52.4 cm³/mol. The van der Waals surface area contributed by atoms with E-state index in [4.69, 9.17) is 11.0 Å². The number of rotatable bonds is 1. The highest BCUT2D eigenvalue weighted by atomic mass is 127. The number of hydrogen-bond acceptors (Lipinski definition) is 2. The van der Waals surface area contributed by atoms with Gasteiger partial charge in [-0.25, -0.2) is 0 Å². The highest BCUT2D eigenvalue weighted by Crippen LogP contribution is 2.12. The third-order valence-corrected chi connectivity index (χ3v) is 2.04. The maximum atomic E-state index is 10.8. The Hall–Kier alpha value is -1.09. The molecule has 0 bridgehead atoms. The quantitative estimate of drug-likeness (QED) is 0.782. The molecule has 1 aromatic carbocycles. The SMILES string of the molecule is N#Cc1ccc(I)cc1C(N)=O. The van der Waals surface area contributed by atoms with Crippen molar-refractivity contribution in [2.75, 3.05) is 0 Å². The van der Waals surface area contributed by atoms with E-state index in [2.05, 4.69) is 22.6 Å². The number of benzene rings is 1. The average molecular weight is 272 g/mol. The fourth-order valence-corrected chi connectivity index (χ4v) is 1.31. The summed E-state index contributed by atoms with van der Waals surface area (Å²) in [5.41, 5.74) is 5.67. The summed E-state index contributed by atoms with van der Waals surface area (Å²) in [6.07, 6.45) is 0. The fraction of sp³-hybridized carbons (Fsp3) is 0. The number of hydrogen-bond donors (Lipinski definition) is 1. The number of primary amides is 1. The Morgan fingerprint density at radius 3 is 2.75 bits per heavy atom. The fourth-order valence-electron chi connectivity index (χ4n) is 0.818. The molecule has 12 heavy (non-hydrogen) atoms. The van der Waals surface area contributed by atoms with Crippen LogP contribution < -0.4 is 5.73 Å². The molecule has 0 aliphatic heterocycles. The molecule has 4 heteroatoms. The molecule has 60 valence electrons. The van der Waals surface area contributed by atoms with Gasteiger partial charge in [-0.05, 0) is 40.8 Å². The monoisotopic (exact) mass is 272 g/mol. The van der Waals surface area contributed by atoms with Gasteiger partial charge in [0.25, 0.3) is 0 Å². The zero-order valence-electron chi connectivity index (χ0n) is 6.04. The second kappa shape index (κ2) is 3.54. The molecular formula is C8H5IN2O. The van der Waals surface area contributed by atoms with Gasteiger partial charge < -0.3 is 5.73 Å². The van der Waals surface area contributed by atoms with Gasteiger partial charge in [-0.15, -0.1) is 0 Å². The second-order valence-electron chi connectivity index (χ2n) is 2.17. The largest absolute Gasteiger partial charge is 0.366 e. The van der Waals surface area contributed by atoms with Crippen LogP contribution >= 0.6 is 22.6 Å². The maximum absolute atomic E-state index is 10.8. The minimum atomic E-state index is -0.565.